The molecule has 1 aromatic heterocycles. The molecule has 2 aromatic rings. The summed E-state index contributed by atoms with van der Waals surface area (Å²) in [6.07, 6.45) is 5.96. The third kappa shape index (κ3) is 1.66. The first-order valence-corrected chi connectivity index (χ1v) is 5.10. The molecule has 0 bridgehead atoms. The highest BCUT2D eigenvalue weighted by atomic mass is 79.9. The SMILES string of the molecule is C#CCn1nc(C=O)c2cc(Br)ccc21. The van der Waals surface area contributed by atoms with Gasteiger partial charge in [0.15, 0.2) is 6.29 Å². The molecule has 0 fully saturated rings. The summed E-state index contributed by atoms with van der Waals surface area (Å²) in [7, 11) is 0. The van der Waals surface area contributed by atoms with Gasteiger partial charge in [-0.3, -0.25) is 9.48 Å². The molecular formula is C11H7BrN2O. The lowest BCUT2D eigenvalue weighted by atomic mass is 10.2. The Morgan fingerprint density at radius 2 is 2.40 bits per heavy atom. The zero-order valence-corrected chi connectivity index (χ0v) is 9.36. The highest BCUT2D eigenvalue weighted by Gasteiger charge is 2.08. The van der Waals surface area contributed by atoms with Crippen molar-refractivity contribution in [2.24, 2.45) is 0 Å². The fraction of sp³-hybridized carbons (Fsp3) is 0.0909. The summed E-state index contributed by atoms with van der Waals surface area (Å²) in [6, 6.07) is 5.64. The van der Waals surface area contributed by atoms with Crippen molar-refractivity contribution in [1.29, 1.82) is 0 Å². The highest BCUT2D eigenvalue weighted by molar-refractivity contribution is 9.10. The number of rotatable bonds is 2. The van der Waals surface area contributed by atoms with Crippen LogP contribution >= 0.6 is 15.9 Å². The molecule has 0 aliphatic rings. The third-order valence-corrected chi connectivity index (χ3v) is 2.59. The third-order valence-electron chi connectivity index (χ3n) is 2.09. The van der Waals surface area contributed by atoms with Crippen molar-refractivity contribution < 1.29 is 4.79 Å². The van der Waals surface area contributed by atoms with Gasteiger partial charge in [-0.1, -0.05) is 21.9 Å². The summed E-state index contributed by atoms with van der Waals surface area (Å²) in [5, 5.41) is 4.94. The van der Waals surface area contributed by atoms with Crippen molar-refractivity contribution >= 4 is 33.1 Å². The zero-order valence-electron chi connectivity index (χ0n) is 7.77. The summed E-state index contributed by atoms with van der Waals surface area (Å²) in [4.78, 5) is 10.8. The molecule has 15 heavy (non-hydrogen) atoms. The second-order valence-electron chi connectivity index (χ2n) is 3.03. The molecule has 3 nitrogen and oxygen atoms in total. The van der Waals surface area contributed by atoms with E-state index in [-0.39, 0.29) is 0 Å². The molecule has 0 spiro atoms. The Labute approximate surface area is 95.2 Å². The van der Waals surface area contributed by atoms with Crippen molar-refractivity contribution in [1.82, 2.24) is 9.78 Å². The normalized spacial score (nSPS) is 10.1. The number of aldehydes is 1. The van der Waals surface area contributed by atoms with Gasteiger partial charge in [-0.2, -0.15) is 5.10 Å². The van der Waals surface area contributed by atoms with E-state index in [4.69, 9.17) is 6.42 Å². The van der Waals surface area contributed by atoms with E-state index in [0.29, 0.717) is 12.2 Å². The number of hydrogen-bond donors (Lipinski definition) is 0. The van der Waals surface area contributed by atoms with Crippen molar-refractivity contribution in [2.45, 2.75) is 6.54 Å². The van der Waals surface area contributed by atoms with E-state index in [1.54, 1.807) is 4.68 Å². The number of fused-ring (bicyclic) bond motifs is 1. The van der Waals surface area contributed by atoms with E-state index in [1.807, 2.05) is 18.2 Å². The maximum atomic E-state index is 10.8. The van der Waals surface area contributed by atoms with E-state index in [1.165, 1.54) is 0 Å². The van der Waals surface area contributed by atoms with Crippen LogP contribution in [0.25, 0.3) is 10.9 Å². The van der Waals surface area contributed by atoms with Gasteiger partial charge in [-0.05, 0) is 18.2 Å². The van der Waals surface area contributed by atoms with Crippen molar-refractivity contribution in [3.05, 3.63) is 28.4 Å². The predicted molar refractivity (Wildman–Crippen MR) is 61.7 cm³/mol. The van der Waals surface area contributed by atoms with Crippen LogP contribution in [-0.2, 0) is 6.54 Å². The average Bonchev–Trinajstić information content (AvgIpc) is 2.56. The fourth-order valence-corrected chi connectivity index (χ4v) is 1.83. The van der Waals surface area contributed by atoms with Crippen molar-refractivity contribution in [2.75, 3.05) is 0 Å². The summed E-state index contributed by atoms with van der Waals surface area (Å²) in [6.45, 7) is 0.367. The zero-order chi connectivity index (χ0) is 10.8. The Morgan fingerprint density at radius 3 is 3.07 bits per heavy atom. The molecule has 4 heteroatoms. The van der Waals surface area contributed by atoms with Crippen LogP contribution in [-0.4, -0.2) is 16.1 Å². The minimum Gasteiger partial charge on any atom is -0.296 e. The van der Waals surface area contributed by atoms with E-state index < -0.39 is 0 Å². The smallest absolute Gasteiger partial charge is 0.170 e. The molecule has 1 aromatic carbocycles. The quantitative estimate of drug-likeness (QED) is 0.615. The summed E-state index contributed by atoms with van der Waals surface area (Å²) in [5.41, 5.74) is 1.29. The topological polar surface area (TPSA) is 34.9 Å². The molecule has 0 saturated carbocycles. The standard InChI is InChI=1S/C11H7BrN2O/c1-2-5-14-11-4-3-8(12)6-9(11)10(7-15)13-14/h1,3-4,6-7H,5H2. The van der Waals surface area contributed by atoms with Crippen LogP contribution in [0.3, 0.4) is 0 Å². The molecule has 2 rings (SSSR count). The van der Waals surface area contributed by atoms with E-state index in [9.17, 15) is 4.79 Å². The maximum Gasteiger partial charge on any atom is 0.170 e. The molecule has 0 aliphatic heterocycles. The van der Waals surface area contributed by atoms with Gasteiger partial charge in [0.05, 0.1) is 5.52 Å². The highest BCUT2D eigenvalue weighted by Crippen LogP contribution is 2.22. The molecular weight excluding hydrogens is 256 g/mol. The molecule has 0 saturated heterocycles. The number of benzene rings is 1. The van der Waals surface area contributed by atoms with Crippen LogP contribution in [0.15, 0.2) is 22.7 Å². The fourth-order valence-electron chi connectivity index (χ4n) is 1.47. The Morgan fingerprint density at radius 1 is 1.60 bits per heavy atom. The van der Waals surface area contributed by atoms with Crippen molar-refractivity contribution in [3.8, 4) is 12.3 Å². The number of carbonyl (C=O) groups excluding carboxylic acids is 1. The minimum absolute atomic E-state index is 0.367. The van der Waals surface area contributed by atoms with Gasteiger partial charge in [0.25, 0.3) is 0 Å². The average molecular weight is 263 g/mol. The number of carbonyl (C=O) groups is 1. The van der Waals surface area contributed by atoms with Gasteiger partial charge in [0, 0.05) is 9.86 Å². The largest absolute Gasteiger partial charge is 0.296 e. The minimum atomic E-state index is 0.367. The van der Waals surface area contributed by atoms with Gasteiger partial charge in [-0.25, -0.2) is 0 Å². The predicted octanol–water partition coefficient (Wildman–Crippen LogP) is 2.24. The summed E-state index contributed by atoms with van der Waals surface area (Å²) < 4.78 is 2.56. The van der Waals surface area contributed by atoms with Crippen LogP contribution in [0.4, 0.5) is 0 Å². The Balaban J connectivity index is 2.76. The van der Waals surface area contributed by atoms with Crippen molar-refractivity contribution in [3.63, 3.8) is 0 Å². The molecule has 0 aliphatic carbocycles. The van der Waals surface area contributed by atoms with Crippen LogP contribution in [0, 0.1) is 12.3 Å². The van der Waals surface area contributed by atoms with Gasteiger partial charge in [0.1, 0.15) is 12.2 Å². The lowest BCUT2D eigenvalue weighted by molar-refractivity contribution is 0.111. The second kappa shape index (κ2) is 3.87. The number of terminal acetylenes is 1. The molecule has 1 heterocycles. The van der Waals surface area contributed by atoms with E-state index in [2.05, 4.69) is 26.9 Å². The first-order valence-electron chi connectivity index (χ1n) is 4.31. The van der Waals surface area contributed by atoms with Crippen LogP contribution in [0.5, 0.6) is 0 Å². The lowest BCUT2D eigenvalue weighted by Gasteiger charge is -1.96. The Hall–Kier alpha value is -1.60. The summed E-state index contributed by atoms with van der Waals surface area (Å²) >= 11 is 3.35. The number of halogens is 1. The Bertz CT molecular complexity index is 566. The number of aromatic nitrogens is 2. The molecule has 0 amide bonds. The number of nitrogens with zero attached hydrogens (tertiary/aromatic N) is 2. The van der Waals surface area contributed by atoms with Gasteiger partial charge in [-0.15, -0.1) is 6.42 Å². The van der Waals surface area contributed by atoms with Crippen LogP contribution < -0.4 is 0 Å². The summed E-state index contributed by atoms with van der Waals surface area (Å²) in [5.74, 6) is 2.50. The number of hydrogen-bond acceptors (Lipinski definition) is 2. The first kappa shape index (κ1) is 9.94. The molecule has 0 unspecified atom stereocenters. The van der Waals surface area contributed by atoms with Gasteiger partial charge < -0.3 is 0 Å². The molecule has 0 atom stereocenters. The Kier molecular flexibility index (Phi) is 2.57. The van der Waals surface area contributed by atoms with Crippen LogP contribution in [0.2, 0.25) is 0 Å². The molecule has 0 N–H and O–H groups in total. The molecule has 74 valence electrons. The van der Waals surface area contributed by atoms with Crippen LogP contribution in [0.1, 0.15) is 10.5 Å². The van der Waals surface area contributed by atoms with Gasteiger partial charge in [0.2, 0.25) is 0 Å². The first-order chi connectivity index (χ1) is 7.26. The second-order valence-corrected chi connectivity index (χ2v) is 3.94. The molecule has 0 radical (unpaired) electrons. The van der Waals surface area contributed by atoms with Gasteiger partial charge >= 0.3 is 0 Å². The maximum absolute atomic E-state index is 10.8. The monoisotopic (exact) mass is 262 g/mol. The van der Waals surface area contributed by atoms with E-state index >= 15 is 0 Å². The lowest BCUT2D eigenvalue weighted by Crippen LogP contribution is -1.97. The van der Waals surface area contributed by atoms with E-state index in [0.717, 1.165) is 21.7 Å².